The summed E-state index contributed by atoms with van der Waals surface area (Å²) < 4.78 is 10.2. The number of nitrogens with zero attached hydrogens (tertiary/aromatic N) is 2. The van der Waals surface area contributed by atoms with Crippen molar-refractivity contribution in [2.45, 2.75) is 13.3 Å². The van der Waals surface area contributed by atoms with Crippen molar-refractivity contribution in [3.05, 3.63) is 36.1 Å². The average molecular weight is 315 g/mol. The highest BCUT2D eigenvalue weighted by molar-refractivity contribution is 6.03. The Hall–Kier alpha value is -2.83. The maximum absolute atomic E-state index is 12.3. The van der Waals surface area contributed by atoms with Gasteiger partial charge in [-0.15, -0.1) is 0 Å². The monoisotopic (exact) mass is 315 g/mol. The first-order valence-corrected chi connectivity index (χ1v) is 7.26. The van der Waals surface area contributed by atoms with Gasteiger partial charge in [0.2, 0.25) is 11.8 Å². The number of amides is 2. The number of nitrogens with one attached hydrogen (secondary N) is 1. The summed E-state index contributed by atoms with van der Waals surface area (Å²) in [5, 5.41) is 6.40. The first-order chi connectivity index (χ1) is 11.1. The predicted octanol–water partition coefficient (Wildman–Crippen LogP) is 1.98. The third-order valence-electron chi connectivity index (χ3n) is 3.75. The summed E-state index contributed by atoms with van der Waals surface area (Å²) in [6.07, 6.45) is 0.153. The van der Waals surface area contributed by atoms with Crippen molar-refractivity contribution in [2.75, 3.05) is 23.9 Å². The molecule has 1 fully saturated rings. The van der Waals surface area contributed by atoms with Crippen LogP contribution in [0.25, 0.3) is 0 Å². The van der Waals surface area contributed by atoms with Gasteiger partial charge in [-0.2, -0.15) is 0 Å². The number of anilines is 2. The van der Waals surface area contributed by atoms with Crippen molar-refractivity contribution in [3.8, 4) is 5.75 Å². The average Bonchev–Trinajstić information content (AvgIpc) is 3.13. The molecule has 23 heavy (non-hydrogen) atoms. The molecule has 1 N–H and O–H groups in total. The van der Waals surface area contributed by atoms with Gasteiger partial charge in [0, 0.05) is 19.0 Å². The van der Waals surface area contributed by atoms with Crippen LogP contribution < -0.4 is 15.0 Å². The van der Waals surface area contributed by atoms with E-state index in [9.17, 15) is 9.59 Å². The molecule has 2 heterocycles. The van der Waals surface area contributed by atoms with Crippen LogP contribution in [0.2, 0.25) is 0 Å². The number of aryl methyl sites for hydroxylation is 1. The van der Waals surface area contributed by atoms with E-state index in [0.29, 0.717) is 29.6 Å². The van der Waals surface area contributed by atoms with E-state index in [1.807, 2.05) is 12.1 Å². The number of aromatic nitrogens is 1. The Labute approximate surface area is 133 Å². The van der Waals surface area contributed by atoms with Crippen molar-refractivity contribution < 1.29 is 18.8 Å². The van der Waals surface area contributed by atoms with E-state index in [0.717, 1.165) is 0 Å². The highest BCUT2D eigenvalue weighted by Gasteiger charge is 2.36. The molecule has 1 aliphatic heterocycles. The standard InChI is InChI=1S/C16H17N3O4/c1-10-7-14(18-23-10)17-16(21)11-8-15(20)19(9-11)12-5-3-4-6-13(12)22-2/h3-7,11H,8-9H2,1-2H3,(H,17,18,21)/t11-/m0/s1. The lowest BCUT2D eigenvalue weighted by Crippen LogP contribution is -2.28. The minimum absolute atomic E-state index is 0.106. The van der Waals surface area contributed by atoms with E-state index in [2.05, 4.69) is 10.5 Å². The summed E-state index contributed by atoms with van der Waals surface area (Å²) in [7, 11) is 1.55. The molecule has 0 saturated carbocycles. The van der Waals surface area contributed by atoms with Gasteiger partial charge in [0.1, 0.15) is 11.5 Å². The van der Waals surface area contributed by atoms with Crippen LogP contribution in [-0.4, -0.2) is 30.6 Å². The second kappa shape index (κ2) is 6.12. The van der Waals surface area contributed by atoms with Gasteiger partial charge in [0.25, 0.3) is 0 Å². The highest BCUT2D eigenvalue weighted by Crippen LogP contribution is 2.33. The zero-order valence-electron chi connectivity index (χ0n) is 12.9. The highest BCUT2D eigenvalue weighted by atomic mass is 16.5. The van der Waals surface area contributed by atoms with Gasteiger partial charge in [-0.3, -0.25) is 9.59 Å². The van der Waals surface area contributed by atoms with Crippen molar-refractivity contribution in [2.24, 2.45) is 5.92 Å². The molecule has 2 amide bonds. The molecule has 0 unspecified atom stereocenters. The molecule has 2 aromatic rings. The Morgan fingerprint density at radius 2 is 2.22 bits per heavy atom. The number of ether oxygens (including phenoxy) is 1. The third kappa shape index (κ3) is 3.03. The van der Waals surface area contributed by atoms with Crippen LogP contribution in [0.3, 0.4) is 0 Å². The molecule has 120 valence electrons. The molecule has 0 radical (unpaired) electrons. The molecule has 1 aliphatic rings. The van der Waals surface area contributed by atoms with E-state index in [1.165, 1.54) is 0 Å². The zero-order chi connectivity index (χ0) is 16.4. The molecule has 1 saturated heterocycles. The van der Waals surface area contributed by atoms with Crippen LogP contribution in [0, 0.1) is 12.8 Å². The number of carbonyl (C=O) groups excluding carboxylic acids is 2. The molecule has 1 aromatic carbocycles. The van der Waals surface area contributed by atoms with E-state index in [1.54, 1.807) is 37.1 Å². The quantitative estimate of drug-likeness (QED) is 0.932. The Balaban J connectivity index is 1.73. The molecule has 0 bridgehead atoms. The van der Waals surface area contributed by atoms with Gasteiger partial charge >= 0.3 is 0 Å². The fourth-order valence-electron chi connectivity index (χ4n) is 2.62. The van der Waals surface area contributed by atoms with Crippen molar-refractivity contribution in [3.63, 3.8) is 0 Å². The molecule has 0 aliphatic carbocycles. The fraction of sp³-hybridized carbons (Fsp3) is 0.312. The van der Waals surface area contributed by atoms with Gasteiger partial charge in [0.05, 0.1) is 18.7 Å². The van der Waals surface area contributed by atoms with Crippen LogP contribution in [0.1, 0.15) is 12.2 Å². The van der Waals surface area contributed by atoms with Crippen LogP contribution >= 0.6 is 0 Å². The number of hydrogen-bond donors (Lipinski definition) is 1. The maximum Gasteiger partial charge on any atom is 0.231 e. The first-order valence-electron chi connectivity index (χ1n) is 7.26. The summed E-state index contributed by atoms with van der Waals surface area (Å²) in [5.74, 6) is 0.780. The van der Waals surface area contributed by atoms with Crippen molar-refractivity contribution >= 4 is 23.3 Å². The molecule has 0 spiro atoms. The van der Waals surface area contributed by atoms with Crippen molar-refractivity contribution in [1.82, 2.24) is 5.16 Å². The maximum atomic E-state index is 12.3. The summed E-state index contributed by atoms with van der Waals surface area (Å²) in [6, 6.07) is 8.88. The number of hydrogen-bond acceptors (Lipinski definition) is 5. The Kier molecular flexibility index (Phi) is 4.01. The normalized spacial score (nSPS) is 17.4. The SMILES string of the molecule is COc1ccccc1N1C[C@@H](C(=O)Nc2cc(C)on2)CC1=O. The summed E-state index contributed by atoms with van der Waals surface area (Å²) in [6.45, 7) is 2.05. The largest absolute Gasteiger partial charge is 0.495 e. The predicted molar refractivity (Wildman–Crippen MR) is 83.3 cm³/mol. The molecule has 3 rings (SSSR count). The van der Waals surface area contributed by atoms with E-state index in [4.69, 9.17) is 9.26 Å². The third-order valence-corrected chi connectivity index (χ3v) is 3.75. The number of para-hydroxylation sites is 2. The summed E-state index contributed by atoms with van der Waals surface area (Å²) >= 11 is 0. The van der Waals surface area contributed by atoms with E-state index >= 15 is 0 Å². The molecule has 1 atom stereocenters. The van der Waals surface area contributed by atoms with Crippen LogP contribution in [-0.2, 0) is 9.59 Å². The smallest absolute Gasteiger partial charge is 0.231 e. The molecule has 7 heteroatoms. The second-order valence-corrected chi connectivity index (χ2v) is 5.39. The Bertz CT molecular complexity index is 740. The van der Waals surface area contributed by atoms with Gasteiger partial charge < -0.3 is 19.5 Å². The first kappa shape index (κ1) is 15.1. The Morgan fingerprint density at radius 3 is 2.91 bits per heavy atom. The van der Waals surface area contributed by atoms with Gasteiger partial charge in [-0.25, -0.2) is 0 Å². The summed E-state index contributed by atoms with van der Waals surface area (Å²) in [5.41, 5.74) is 0.674. The summed E-state index contributed by atoms with van der Waals surface area (Å²) in [4.78, 5) is 26.1. The zero-order valence-corrected chi connectivity index (χ0v) is 12.9. The number of benzene rings is 1. The van der Waals surface area contributed by atoms with E-state index in [-0.39, 0.29) is 18.2 Å². The van der Waals surface area contributed by atoms with Crippen LogP contribution in [0.15, 0.2) is 34.9 Å². The number of carbonyl (C=O) groups is 2. The fourth-order valence-corrected chi connectivity index (χ4v) is 2.62. The minimum Gasteiger partial charge on any atom is -0.495 e. The van der Waals surface area contributed by atoms with E-state index < -0.39 is 5.92 Å². The molecular weight excluding hydrogens is 298 g/mol. The van der Waals surface area contributed by atoms with Crippen LogP contribution in [0.4, 0.5) is 11.5 Å². The number of rotatable bonds is 4. The second-order valence-electron chi connectivity index (χ2n) is 5.39. The number of methoxy groups -OCH3 is 1. The lowest BCUT2D eigenvalue weighted by atomic mass is 10.1. The molecular formula is C16H17N3O4. The minimum atomic E-state index is -0.440. The molecule has 7 nitrogen and oxygen atoms in total. The van der Waals surface area contributed by atoms with Crippen LogP contribution in [0.5, 0.6) is 5.75 Å². The lowest BCUT2D eigenvalue weighted by Gasteiger charge is -2.19. The van der Waals surface area contributed by atoms with Gasteiger partial charge in [-0.1, -0.05) is 17.3 Å². The molecule has 1 aromatic heterocycles. The van der Waals surface area contributed by atoms with Gasteiger partial charge in [0.15, 0.2) is 5.82 Å². The lowest BCUT2D eigenvalue weighted by molar-refractivity contribution is -0.122. The van der Waals surface area contributed by atoms with Crippen molar-refractivity contribution in [1.29, 1.82) is 0 Å². The topological polar surface area (TPSA) is 84.7 Å². The van der Waals surface area contributed by atoms with Gasteiger partial charge in [-0.05, 0) is 19.1 Å². The Morgan fingerprint density at radius 1 is 1.43 bits per heavy atom.